The third-order valence-electron chi connectivity index (χ3n) is 2.95. The summed E-state index contributed by atoms with van der Waals surface area (Å²) >= 11 is 0. The number of hydrogen-bond donors (Lipinski definition) is 1. The Kier molecular flexibility index (Phi) is 3.54. The fraction of sp³-hybridized carbons (Fsp3) is 0.636. The lowest BCUT2D eigenvalue weighted by molar-refractivity contribution is 0.200. The third kappa shape index (κ3) is 2.60. The summed E-state index contributed by atoms with van der Waals surface area (Å²) in [6, 6.07) is 2.36. The molecule has 0 amide bonds. The molecule has 5 nitrogen and oxygen atoms in total. The molecular formula is C11H17N5. The number of aryl methyl sites for hydroxylation is 1. The van der Waals surface area contributed by atoms with Crippen LogP contribution in [0.5, 0.6) is 0 Å². The predicted octanol–water partition coefficient (Wildman–Crippen LogP) is -0.240. The highest BCUT2D eigenvalue weighted by Gasteiger charge is 2.20. The maximum atomic E-state index is 9.01. The first-order valence-electron chi connectivity index (χ1n) is 5.61. The van der Waals surface area contributed by atoms with Crippen LogP contribution in [0.2, 0.25) is 0 Å². The lowest BCUT2D eigenvalue weighted by Gasteiger charge is -2.31. The van der Waals surface area contributed by atoms with Gasteiger partial charge in [0.15, 0.2) is 0 Å². The Morgan fingerprint density at radius 2 is 2.56 bits per heavy atom. The van der Waals surface area contributed by atoms with Crippen molar-refractivity contribution in [3.63, 3.8) is 0 Å². The van der Waals surface area contributed by atoms with Gasteiger partial charge in [0.1, 0.15) is 6.04 Å². The number of nitrogens with one attached hydrogen (secondary N) is 1. The minimum Gasteiger partial charge on any atom is -0.313 e. The molecule has 1 N–H and O–H groups in total. The van der Waals surface area contributed by atoms with E-state index in [1.54, 1.807) is 0 Å². The summed E-state index contributed by atoms with van der Waals surface area (Å²) in [5.41, 5.74) is 1.23. The molecule has 5 heteroatoms. The molecule has 0 spiro atoms. The first-order valence-corrected chi connectivity index (χ1v) is 5.61. The largest absolute Gasteiger partial charge is 0.313 e. The second kappa shape index (κ2) is 5.10. The van der Waals surface area contributed by atoms with Gasteiger partial charge in [0.2, 0.25) is 0 Å². The zero-order chi connectivity index (χ0) is 11.4. The zero-order valence-electron chi connectivity index (χ0n) is 9.56. The van der Waals surface area contributed by atoms with Crippen molar-refractivity contribution >= 4 is 0 Å². The second-order valence-electron chi connectivity index (χ2n) is 4.16. The van der Waals surface area contributed by atoms with Crippen LogP contribution in [0, 0.1) is 11.3 Å². The van der Waals surface area contributed by atoms with Gasteiger partial charge in [-0.15, -0.1) is 0 Å². The lowest BCUT2D eigenvalue weighted by Crippen LogP contribution is -2.51. The van der Waals surface area contributed by atoms with E-state index < -0.39 is 0 Å². The van der Waals surface area contributed by atoms with Gasteiger partial charge >= 0.3 is 0 Å². The molecule has 1 aliphatic heterocycles. The minimum absolute atomic E-state index is 0.0189. The number of nitriles is 1. The molecule has 0 aromatic carbocycles. The van der Waals surface area contributed by atoms with Crippen LogP contribution >= 0.6 is 0 Å². The lowest BCUT2D eigenvalue weighted by atomic mass is 10.1. The van der Waals surface area contributed by atoms with Crippen molar-refractivity contribution in [2.24, 2.45) is 7.05 Å². The fourth-order valence-corrected chi connectivity index (χ4v) is 2.01. The topological polar surface area (TPSA) is 56.9 Å². The zero-order valence-corrected chi connectivity index (χ0v) is 9.56. The van der Waals surface area contributed by atoms with Gasteiger partial charge in [-0.1, -0.05) is 0 Å². The Labute approximate surface area is 95.7 Å². The Balaban J connectivity index is 1.87. The highest BCUT2D eigenvalue weighted by atomic mass is 15.2. The number of rotatable bonds is 3. The number of hydrogen-bond acceptors (Lipinski definition) is 4. The number of aromatic nitrogens is 2. The Hall–Kier alpha value is -1.38. The van der Waals surface area contributed by atoms with Crippen LogP contribution in [0.4, 0.5) is 0 Å². The van der Waals surface area contributed by atoms with Gasteiger partial charge in [-0.3, -0.25) is 9.58 Å². The average molecular weight is 219 g/mol. The van der Waals surface area contributed by atoms with Crippen molar-refractivity contribution < 1.29 is 0 Å². The fourth-order valence-electron chi connectivity index (χ4n) is 2.01. The quantitative estimate of drug-likeness (QED) is 0.762. The van der Waals surface area contributed by atoms with Gasteiger partial charge < -0.3 is 5.32 Å². The number of piperazine rings is 1. The van der Waals surface area contributed by atoms with Crippen LogP contribution in [-0.4, -0.2) is 46.9 Å². The first-order chi connectivity index (χ1) is 7.79. The van der Waals surface area contributed by atoms with Crippen molar-refractivity contribution in [1.29, 1.82) is 5.26 Å². The van der Waals surface area contributed by atoms with Gasteiger partial charge in [-0.05, 0) is 12.0 Å². The highest BCUT2D eigenvalue weighted by molar-refractivity contribution is 5.05. The molecule has 1 unspecified atom stereocenters. The van der Waals surface area contributed by atoms with E-state index in [1.165, 1.54) is 5.56 Å². The molecule has 1 atom stereocenters. The molecule has 1 saturated heterocycles. The maximum Gasteiger partial charge on any atom is 0.110 e. The molecule has 1 aromatic rings. The maximum absolute atomic E-state index is 9.01. The van der Waals surface area contributed by atoms with E-state index in [0.29, 0.717) is 0 Å². The molecule has 0 bridgehead atoms. The summed E-state index contributed by atoms with van der Waals surface area (Å²) in [5.74, 6) is 0. The van der Waals surface area contributed by atoms with Crippen molar-refractivity contribution in [2.45, 2.75) is 12.5 Å². The SMILES string of the molecule is Cn1cc(CCN2CCNCC2C#N)cn1. The molecule has 0 aliphatic carbocycles. The van der Waals surface area contributed by atoms with Crippen molar-refractivity contribution in [3.05, 3.63) is 18.0 Å². The Morgan fingerprint density at radius 1 is 1.69 bits per heavy atom. The van der Waals surface area contributed by atoms with E-state index in [9.17, 15) is 0 Å². The monoisotopic (exact) mass is 219 g/mol. The van der Waals surface area contributed by atoms with Crippen LogP contribution in [0.15, 0.2) is 12.4 Å². The molecule has 1 aromatic heterocycles. The summed E-state index contributed by atoms with van der Waals surface area (Å²) in [6.45, 7) is 3.65. The smallest absolute Gasteiger partial charge is 0.110 e. The van der Waals surface area contributed by atoms with E-state index >= 15 is 0 Å². The Bertz CT molecular complexity index is 378. The molecular weight excluding hydrogens is 202 g/mol. The normalized spacial score (nSPS) is 21.9. The second-order valence-corrected chi connectivity index (χ2v) is 4.16. The highest BCUT2D eigenvalue weighted by Crippen LogP contribution is 2.05. The first kappa shape index (κ1) is 11.1. The molecule has 1 aliphatic rings. The average Bonchev–Trinajstić information content (AvgIpc) is 2.73. The Morgan fingerprint density at radius 3 is 3.25 bits per heavy atom. The molecule has 0 saturated carbocycles. The van der Waals surface area contributed by atoms with Crippen LogP contribution in [0.25, 0.3) is 0 Å². The molecule has 2 heterocycles. The van der Waals surface area contributed by atoms with E-state index in [2.05, 4.69) is 21.4 Å². The van der Waals surface area contributed by atoms with E-state index in [-0.39, 0.29) is 6.04 Å². The van der Waals surface area contributed by atoms with Gasteiger partial charge in [0.25, 0.3) is 0 Å². The van der Waals surface area contributed by atoms with Gasteiger partial charge in [-0.25, -0.2) is 0 Å². The number of nitrogens with zero attached hydrogens (tertiary/aromatic N) is 4. The molecule has 2 rings (SSSR count). The summed E-state index contributed by atoms with van der Waals surface area (Å²) in [5, 5.41) is 16.4. The molecule has 86 valence electrons. The predicted molar refractivity (Wildman–Crippen MR) is 60.8 cm³/mol. The summed E-state index contributed by atoms with van der Waals surface area (Å²) < 4.78 is 1.81. The van der Waals surface area contributed by atoms with Gasteiger partial charge in [0.05, 0.1) is 12.3 Å². The van der Waals surface area contributed by atoms with Gasteiger partial charge in [0, 0.05) is 39.4 Å². The van der Waals surface area contributed by atoms with E-state index in [4.69, 9.17) is 5.26 Å². The summed E-state index contributed by atoms with van der Waals surface area (Å²) in [6.07, 6.45) is 4.89. The minimum atomic E-state index is 0.0189. The van der Waals surface area contributed by atoms with Crippen LogP contribution in [-0.2, 0) is 13.5 Å². The van der Waals surface area contributed by atoms with Crippen molar-refractivity contribution in [2.75, 3.05) is 26.2 Å². The molecule has 1 fully saturated rings. The van der Waals surface area contributed by atoms with Crippen LogP contribution in [0.1, 0.15) is 5.56 Å². The summed E-state index contributed by atoms with van der Waals surface area (Å²) in [4.78, 5) is 2.24. The standard InChI is InChI=1S/C11H17N5/c1-15-9-10(7-14-15)2-4-16-5-3-13-8-11(16)6-12/h7,9,11,13H,2-5,8H2,1H3. The van der Waals surface area contributed by atoms with Crippen molar-refractivity contribution in [3.8, 4) is 6.07 Å². The molecule has 0 radical (unpaired) electrons. The van der Waals surface area contributed by atoms with E-state index in [1.807, 2.05) is 24.1 Å². The third-order valence-corrected chi connectivity index (χ3v) is 2.95. The van der Waals surface area contributed by atoms with Crippen LogP contribution < -0.4 is 5.32 Å². The van der Waals surface area contributed by atoms with Gasteiger partial charge in [-0.2, -0.15) is 10.4 Å². The summed E-state index contributed by atoms with van der Waals surface area (Å²) in [7, 11) is 1.92. The van der Waals surface area contributed by atoms with E-state index in [0.717, 1.165) is 32.6 Å². The van der Waals surface area contributed by atoms with Crippen LogP contribution in [0.3, 0.4) is 0 Å². The van der Waals surface area contributed by atoms with Crippen molar-refractivity contribution in [1.82, 2.24) is 20.0 Å². The molecule has 16 heavy (non-hydrogen) atoms.